The quantitative estimate of drug-likeness (QED) is 0.657. The van der Waals surface area contributed by atoms with Gasteiger partial charge in [0.15, 0.2) is 5.78 Å². The molecule has 3 aliphatic rings. The third-order valence-corrected chi connectivity index (χ3v) is 4.68. The van der Waals surface area contributed by atoms with Crippen LogP contribution in [0.25, 0.3) is 0 Å². The van der Waals surface area contributed by atoms with Gasteiger partial charge in [-0.2, -0.15) is 0 Å². The van der Waals surface area contributed by atoms with E-state index >= 15 is 0 Å². The van der Waals surface area contributed by atoms with E-state index in [-0.39, 0.29) is 5.41 Å². The molecular formula is C13H19NO. The predicted molar refractivity (Wildman–Crippen MR) is 59.6 cm³/mol. The van der Waals surface area contributed by atoms with E-state index < -0.39 is 0 Å². The summed E-state index contributed by atoms with van der Waals surface area (Å²) in [6, 6.07) is 0. The first-order valence-corrected chi connectivity index (χ1v) is 6.19. The van der Waals surface area contributed by atoms with Crippen LogP contribution in [-0.2, 0) is 4.79 Å². The van der Waals surface area contributed by atoms with Gasteiger partial charge in [-0.3, -0.25) is 4.79 Å². The summed E-state index contributed by atoms with van der Waals surface area (Å²) < 4.78 is 0. The maximum atomic E-state index is 11.3. The van der Waals surface area contributed by atoms with Gasteiger partial charge in [-0.05, 0) is 56.6 Å². The van der Waals surface area contributed by atoms with Crippen LogP contribution in [-0.4, -0.2) is 17.9 Å². The van der Waals surface area contributed by atoms with Gasteiger partial charge in [-0.1, -0.05) is 6.08 Å². The number of carbonyl (C=O) groups excluding carboxylic acids is 1. The van der Waals surface area contributed by atoms with Gasteiger partial charge in [-0.25, -0.2) is 0 Å². The maximum absolute atomic E-state index is 11.3. The van der Waals surface area contributed by atoms with E-state index in [1.165, 1.54) is 45.1 Å². The Morgan fingerprint density at radius 1 is 1.13 bits per heavy atom. The number of carbonyl (C=O) groups is 1. The molecule has 0 atom stereocenters. The zero-order valence-electron chi connectivity index (χ0n) is 9.22. The molecule has 1 saturated heterocycles. The van der Waals surface area contributed by atoms with Crippen molar-refractivity contribution in [3.05, 3.63) is 12.2 Å². The fraction of sp³-hybridized carbons (Fsp3) is 0.769. The molecule has 82 valence electrons. The van der Waals surface area contributed by atoms with Crippen molar-refractivity contribution in [1.82, 2.24) is 5.32 Å². The molecule has 0 radical (unpaired) electrons. The van der Waals surface area contributed by atoms with Gasteiger partial charge in [0.05, 0.1) is 0 Å². The summed E-state index contributed by atoms with van der Waals surface area (Å²) in [7, 11) is 0. The molecule has 3 rings (SSSR count). The second kappa shape index (κ2) is 3.18. The van der Waals surface area contributed by atoms with Crippen LogP contribution in [0.1, 0.15) is 44.9 Å². The van der Waals surface area contributed by atoms with E-state index in [1.54, 1.807) is 6.08 Å². The van der Waals surface area contributed by atoms with Crippen LogP contribution in [0.4, 0.5) is 0 Å². The van der Waals surface area contributed by atoms with Gasteiger partial charge in [0.1, 0.15) is 0 Å². The molecule has 2 spiro atoms. The fourth-order valence-corrected chi connectivity index (χ4v) is 3.60. The highest BCUT2D eigenvalue weighted by atomic mass is 16.1. The van der Waals surface area contributed by atoms with E-state index in [0.717, 1.165) is 6.42 Å². The first-order chi connectivity index (χ1) is 7.22. The lowest BCUT2D eigenvalue weighted by Crippen LogP contribution is -2.45. The van der Waals surface area contributed by atoms with Crippen LogP contribution in [0.3, 0.4) is 0 Å². The molecule has 2 nitrogen and oxygen atoms in total. The number of allylic oxidation sites excluding steroid dienone is 2. The van der Waals surface area contributed by atoms with Gasteiger partial charge < -0.3 is 5.32 Å². The zero-order valence-corrected chi connectivity index (χ0v) is 9.22. The molecule has 0 amide bonds. The first-order valence-electron chi connectivity index (χ1n) is 6.19. The van der Waals surface area contributed by atoms with Crippen molar-refractivity contribution in [3.8, 4) is 0 Å². The Bertz CT molecular complexity index is 302. The van der Waals surface area contributed by atoms with Crippen molar-refractivity contribution >= 4 is 5.78 Å². The average molecular weight is 205 g/mol. The Hall–Kier alpha value is -0.630. The van der Waals surface area contributed by atoms with Crippen molar-refractivity contribution in [2.24, 2.45) is 5.41 Å². The minimum atomic E-state index is 0.257. The number of ketones is 1. The second-order valence-electron chi connectivity index (χ2n) is 5.65. The summed E-state index contributed by atoms with van der Waals surface area (Å²) in [5, 5.41) is 3.68. The van der Waals surface area contributed by atoms with Gasteiger partial charge in [-0.15, -0.1) is 0 Å². The average Bonchev–Trinajstić information content (AvgIpc) is 2.81. The Balaban J connectivity index is 1.70. The molecule has 2 fully saturated rings. The molecule has 0 aromatic carbocycles. The number of rotatable bonds is 0. The molecule has 0 unspecified atom stereocenters. The van der Waals surface area contributed by atoms with Crippen molar-refractivity contribution in [1.29, 1.82) is 0 Å². The minimum absolute atomic E-state index is 0.257. The van der Waals surface area contributed by atoms with Gasteiger partial charge in [0, 0.05) is 12.0 Å². The molecule has 1 N–H and O–H groups in total. The molecule has 0 aromatic rings. The van der Waals surface area contributed by atoms with E-state index in [1.807, 2.05) is 0 Å². The van der Waals surface area contributed by atoms with E-state index in [2.05, 4.69) is 11.4 Å². The smallest absolute Gasteiger partial charge is 0.156 e. The highest BCUT2D eigenvalue weighted by molar-refractivity contribution is 5.93. The molecular weight excluding hydrogens is 186 g/mol. The third-order valence-electron chi connectivity index (χ3n) is 4.68. The lowest BCUT2D eigenvalue weighted by atomic mass is 9.66. The topological polar surface area (TPSA) is 29.1 Å². The molecule has 2 heteroatoms. The van der Waals surface area contributed by atoms with Crippen LogP contribution >= 0.6 is 0 Å². The van der Waals surface area contributed by atoms with E-state index in [0.29, 0.717) is 11.3 Å². The summed E-state index contributed by atoms with van der Waals surface area (Å²) in [6.07, 6.45) is 12.4. The van der Waals surface area contributed by atoms with Crippen LogP contribution < -0.4 is 5.32 Å². The van der Waals surface area contributed by atoms with Crippen LogP contribution in [0.2, 0.25) is 0 Å². The Morgan fingerprint density at radius 3 is 2.47 bits per heavy atom. The summed E-state index contributed by atoms with van der Waals surface area (Å²) in [4.78, 5) is 11.3. The lowest BCUT2D eigenvalue weighted by molar-refractivity contribution is -0.115. The van der Waals surface area contributed by atoms with Crippen LogP contribution in [0.15, 0.2) is 12.2 Å². The standard InChI is InChI=1S/C13H19NO/c15-11-2-4-12(10-11)5-7-13(8-6-12)3-1-9-14-13/h2,4,14H,1,3,5-10H2. The zero-order chi connectivity index (χ0) is 10.4. The van der Waals surface area contributed by atoms with Crippen LogP contribution in [0.5, 0.6) is 0 Å². The van der Waals surface area contributed by atoms with Crippen molar-refractivity contribution in [3.63, 3.8) is 0 Å². The fourth-order valence-electron chi connectivity index (χ4n) is 3.60. The summed E-state index contributed by atoms with van der Waals surface area (Å²) in [6.45, 7) is 1.20. The van der Waals surface area contributed by atoms with Crippen molar-refractivity contribution in [2.45, 2.75) is 50.5 Å². The highest BCUT2D eigenvalue weighted by Crippen LogP contribution is 2.48. The SMILES string of the molecule is O=C1C=CC2(CCC3(CCCN3)CC2)C1. The lowest BCUT2D eigenvalue weighted by Gasteiger charge is -2.42. The van der Waals surface area contributed by atoms with Crippen molar-refractivity contribution < 1.29 is 4.79 Å². The number of hydrogen-bond donors (Lipinski definition) is 1. The maximum Gasteiger partial charge on any atom is 0.156 e. The summed E-state index contributed by atoms with van der Waals surface area (Å²) in [5.74, 6) is 0.338. The largest absolute Gasteiger partial charge is 0.311 e. The number of hydrogen-bond acceptors (Lipinski definition) is 2. The summed E-state index contributed by atoms with van der Waals surface area (Å²) >= 11 is 0. The third kappa shape index (κ3) is 1.55. The molecule has 1 heterocycles. The first kappa shape index (κ1) is 9.59. The molecule has 15 heavy (non-hydrogen) atoms. The molecule has 1 aliphatic heterocycles. The molecule has 1 saturated carbocycles. The second-order valence-corrected chi connectivity index (χ2v) is 5.65. The Kier molecular flexibility index (Phi) is 2.03. The van der Waals surface area contributed by atoms with Gasteiger partial charge in [0.25, 0.3) is 0 Å². The van der Waals surface area contributed by atoms with Gasteiger partial charge >= 0.3 is 0 Å². The molecule has 2 aliphatic carbocycles. The summed E-state index contributed by atoms with van der Waals surface area (Å²) in [5.41, 5.74) is 0.706. The van der Waals surface area contributed by atoms with Crippen molar-refractivity contribution in [2.75, 3.05) is 6.54 Å². The number of nitrogens with one attached hydrogen (secondary N) is 1. The Morgan fingerprint density at radius 2 is 1.93 bits per heavy atom. The van der Waals surface area contributed by atoms with Crippen LogP contribution in [0, 0.1) is 5.41 Å². The van der Waals surface area contributed by atoms with E-state index in [9.17, 15) is 4.79 Å². The highest BCUT2D eigenvalue weighted by Gasteiger charge is 2.44. The van der Waals surface area contributed by atoms with E-state index in [4.69, 9.17) is 0 Å². The Labute approximate surface area is 91.1 Å². The predicted octanol–water partition coefficient (Wildman–Crippen LogP) is 2.20. The minimum Gasteiger partial charge on any atom is -0.311 e. The molecule has 0 aromatic heterocycles. The van der Waals surface area contributed by atoms with Gasteiger partial charge in [0.2, 0.25) is 0 Å². The normalized spacial score (nSPS) is 44.7. The molecule has 0 bridgehead atoms. The monoisotopic (exact) mass is 205 g/mol.